The van der Waals surface area contributed by atoms with Crippen LogP contribution >= 0.6 is 11.6 Å². The number of ether oxygens (including phenoxy) is 1. The molecule has 0 saturated carbocycles. The molecule has 0 radical (unpaired) electrons. The van der Waals surface area contributed by atoms with E-state index < -0.39 is 0 Å². The molecule has 2 fully saturated rings. The van der Waals surface area contributed by atoms with Crippen molar-refractivity contribution in [2.24, 2.45) is 0 Å². The summed E-state index contributed by atoms with van der Waals surface area (Å²) in [5.41, 5.74) is 1.79. The number of aromatic nitrogens is 6. The summed E-state index contributed by atoms with van der Waals surface area (Å²) in [6.07, 6.45) is 5.02. The molecular weight excluding hydrogens is 484 g/mol. The molecule has 0 N–H and O–H groups in total. The summed E-state index contributed by atoms with van der Waals surface area (Å²) < 4.78 is 11.3. The molecule has 12 heteroatoms. The average molecular weight is 513 g/mol. The fourth-order valence-electron chi connectivity index (χ4n) is 4.48. The average Bonchev–Trinajstić information content (AvgIpc) is 3.53. The highest BCUT2D eigenvalue weighted by molar-refractivity contribution is 6.30. The van der Waals surface area contributed by atoms with Crippen molar-refractivity contribution in [3.8, 4) is 0 Å². The Balaban J connectivity index is 1.16. The minimum Gasteiger partial charge on any atom is -0.424 e. The standard InChI is InChI=1S/C24H29ClN8O3/c1-17-26-30-33(29-17)15-20-14-21(25)4-2-18(20)3-5-23(34)32-8-6-19(7-9-32)24-28-27-22(36-24)16-31-10-12-35-13-11-31/h2-5,14,19H,6-13,15-16H2,1H3. The van der Waals surface area contributed by atoms with Gasteiger partial charge >= 0.3 is 0 Å². The second-order valence-electron chi connectivity index (χ2n) is 9.07. The summed E-state index contributed by atoms with van der Waals surface area (Å²) in [4.78, 5) is 18.5. The lowest BCUT2D eigenvalue weighted by Gasteiger charge is -2.29. The smallest absolute Gasteiger partial charge is 0.246 e. The van der Waals surface area contributed by atoms with E-state index in [0.717, 1.165) is 50.3 Å². The lowest BCUT2D eigenvalue weighted by molar-refractivity contribution is -0.127. The fraction of sp³-hybridized carbons (Fsp3) is 0.500. The molecule has 2 saturated heterocycles. The third kappa shape index (κ3) is 6.15. The van der Waals surface area contributed by atoms with E-state index >= 15 is 0 Å². The molecule has 190 valence electrons. The number of aryl methyl sites for hydroxylation is 1. The van der Waals surface area contributed by atoms with Crippen molar-refractivity contribution >= 4 is 23.6 Å². The third-order valence-corrected chi connectivity index (χ3v) is 6.71. The Morgan fingerprint density at radius 3 is 2.67 bits per heavy atom. The first kappa shape index (κ1) is 24.5. The molecule has 11 nitrogen and oxygen atoms in total. The van der Waals surface area contributed by atoms with Crippen molar-refractivity contribution in [3.05, 3.63) is 58.0 Å². The molecule has 0 bridgehead atoms. The number of carbonyl (C=O) groups excluding carboxylic acids is 1. The van der Waals surface area contributed by atoms with Crippen molar-refractivity contribution in [3.63, 3.8) is 0 Å². The highest BCUT2D eigenvalue weighted by atomic mass is 35.5. The summed E-state index contributed by atoms with van der Waals surface area (Å²) in [6, 6.07) is 5.55. The van der Waals surface area contributed by atoms with E-state index in [1.165, 1.54) is 4.80 Å². The van der Waals surface area contributed by atoms with Crippen LogP contribution in [0.3, 0.4) is 0 Å². The molecule has 3 aromatic rings. The molecule has 5 rings (SSSR count). The van der Waals surface area contributed by atoms with Crippen LogP contribution < -0.4 is 0 Å². The van der Waals surface area contributed by atoms with Gasteiger partial charge in [0.2, 0.25) is 17.7 Å². The van der Waals surface area contributed by atoms with E-state index in [4.69, 9.17) is 20.8 Å². The number of hydrogen-bond acceptors (Lipinski definition) is 9. The Hall–Kier alpha value is -3.15. The Kier molecular flexibility index (Phi) is 7.69. The molecule has 0 aliphatic carbocycles. The largest absolute Gasteiger partial charge is 0.424 e. The van der Waals surface area contributed by atoms with Gasteiger partial charge in [-0.25, -0.2) is 0 Å². The van der Waals surface area contributed by atoms with Gasteiger partial charge in [0.1, 0.15) is 0 Å². The number of halogens is 1. The molecular formula is C24H29ClN8O3. The first-order valence-corrected chi connectivity index (χ1v) is 12.5. The minimum atomic E-state index is -0.0254. The summed E-state index contributed by atoms with van der Waals surface area (Å²) in [5, 5.41) is 21.3. The van der Waals surface area contributed by atoms with Gasteiger partial charge in [0.05, 0.1) is 26.3 Å². The van der Waals surface area contributed by atoms with Gasteiger partial charge in [-0.2, -0.15) is 4.80 Å². The summed E-state index contributed by atoms with van der Waals surface area (Å²) in [5.74, 6) is 2.06. The van der Waals surface area contributed by atoms with Crippen LogP contribution in [0.4, 0.5) is 0 Å². The number of amides is 1. The van der Waals surface area contributed by atoms with E-state index in [1.807, 2.05) is 23.1 Å². The first-order valence-electron chi connectivity index (χ1n) is 12.2. The van der Waals surface area contributed by atoms with Crippen LogP contribution in [-0.2, 0) is 22.6 Å². The number of nitrogens with zero attached hydrogens (tertiary/aromatic N) is 8. The maximum absolute atomic E-state index is 12.9. The van der Waals surface area contributed by atoms with E-state index in [-0.39, 0.29) is 11.8 Å². The Bertz CT molecular complexity index is 1210. The molecule has 0 atom stereocenters. The fourth-order valence-corrected chi connectivity index (χ4v) is 4.67. The third-order valence-electron chi connectivity index (χ3n) is 6.48. The number of likely N-dealkylation sites (tertiary alicyclic amines) is 1. The number of tetrazole rings is 1. The monoisotopic (exact) mass is 512 g/mol. The number of piperidine rings is 1. The van der Waals surface area contributed by atoms with Crippen molar-refractivity contribution in [1.29, 1.82) is 0 Å². The molecule has 1 amide bonds. The van der Waals surface area contributed by atoms with Crippen LogP contribution in [-0.4, -0.2) is 85.5 Å². The highest BCUT2D eigenvalue weighted by Crippen LogP contribution is 2.27. The Morgan fingerprint density at radius 2 is 1.92 bits per heavy atom. The van der Waals surface area contributed by atoms with Gasteiger partial charge in [0.25, 0.3) is 0 Å². The van der Waals surface area contributed by atoms with Gasteiger partial charge < -0.3 is 14.1 Å². The quantitative estimate of drug-likeness (QED) is 0.440. The lowest BCUT2D eigenvalue weighted by Crippen LogP contribution is -2.37. The summed E-state index contributed by atoms with van der Waals surface area (Å²) in [6.45, 7) is 7.36. The molecule has 0 unspecified atom stereocenters. The van der Waals surface area contributed by atoms with Gasteiger partial charge in [-0.1, -0.05) is 17.7 Å². The molecule has 0 spiro atoms. The van der Waals surface area contributed by atoms with Gasteiger partial charge in [-0.3, -0.25) is 9.69 Å². The van der Waals surface area contributed by atoms with E-state index in [1.54, 1.807) is 19.1 Å². The number of morpholine rings is 1. The summed E-state index contributed by atoms with van der Waals surface area (Å²) >= 11 is 6.20. The maximum atomic E-state index is 12.9. The predicted octanol–water partition coefficient (Wildman–Crippen LogP) is 2.32. The van der Waals surface area contributed by atoms with E-state index in [0.29, 0.717) is 48.8 Å². The predicted molar refractivity (Wildman–Crippen MR) is 131 cm³/mol. The van der Waals surface area contributed by atoms with Crippen LogP contribution in [0.15, 0.2) is 28.7 Å². The zero-order valence-corrected chi connectivity index (χ0v) is 21.0. The van der Waals surface area contributed by atoms with Crippen molar-refractivity contribution in [2.45, 2.75) is 38.8 Å². The zero-order valence-electron chi connectivity index (χ0n) is 20.2. The molecule has 2 aromatic heterocycles. The van der Waals surface area contributed by atoms with Gasteiger partial charge in [-0.05, 0) is 54.3 Å². The van der Waals surface area contributed by atoms with E-state index in [2.05, 4.69) is 30.5 Å². The van der Waals surface area contributed by atoms with Crippen molar-refractivity contribution < 1.29 is 13.9 Å². The highest BCUT2D eigenvalue weighted by Gasteiger charge is 2.27. The summed E-state index contributed by atoms with van der Waals surface area (Å²) in [7, 11) is 0. The first-order chi connectivity index (χ1) is 17.5. The maximum Gasteiger partial charge on any atom is 0.246 e. The SMILES string of the molecule is Cc1nnn(Cc2cc(Cl)ccc2C=CC(=O)N2CCC(c3nnc(CN4CCOCC4)o3)CC2)n1. The minimum absolute atomic E-state index is 0.0254. The van der Waals surface area contributed by atoms with Crippen LogP contribution in [0.1, 0.15) is 47.5 Å². The van der Waals surface area contributed by atoms with Gasteiger partial charge in [0, 0.05) is 43.2 Å². The van der Waals surface area contributed by atoms with Crippen LogP contribution in [0, 0.1) is 6.92 Å². The van der Waals surface area contributed by atoms with Gasteiger partial charge in [0.15, 0.2) is 5.82 Å². The lowest BCUT2D eigenvalue weighted by atomic mass is 9.96. The topological polar surface area (TPSA) is 115 Å². The van der Waals surface area contributed by atoms with Crippen LogP contribution in [0.2, 0.25) is 5.02 Å². The number of carbonyl (C=O) groups is 1. The normalized spacial score (nSPS) is 17.8. The van der Waals surface area contributed by atoms with Crippen molar-refractivity contribution in [1.82, 2.24) is 40.2 Å². The van der Waals surface area contributed by atoms with E-state index in [9.17, 15) is 4.79 Å². The number of benzene rings is 1. The number of hydrogen-bond donors (Lipinski definition) is 0. The molecule has 1 aromatic carbocycles. The molecule has 4 heterocycles. The Morgan fingerprint density at radius 1 is 1.11 bits per heavy atom. The zero-order chi connectivity index (χ0) is 24.9. The Labute approximate surface area is 214 Å². The number of rotatable bonds is 7. The van der Waals surface area contributed by atoms with Crippen molar-refractivity contribution in [2.75, 3.05) is 39.4 Å². The molecule has 2 aliphatic heterocycles. The molecule has 36 heavy (non-hydrogen) atoms. The molecule has 2 aliphatic rings. The second-order valence-corrected chi connectivity index (χ2v) is 9.50. The second kappa shape index (κ2) is 11.3. The van der Waals surface area contributed by atoms with Gasteiger partial charge in [-0.15, -0.1) is 20.4 Å². The van der Waals surface area contributed by atoms with Crippen LogP contribution in [0.5, 0.6) is 0 Å². The van der Waals surface area contributed by atoms with Crippen LogP contribution in [0.25, 0.3) is 6.08 Å².